The van der Waals surface area contributed by atoms with Gasteiger partial charge in [-0.3, -0.25) is 4.79 Å². The van der Waals surface area contributed by atoms with E-state index in [1.54, 1.807) is 19.9 Å². The summed E-state index contributed by atoms with van der Waals surface area (Å²) < 4.78 is 27.1. The Kier molecular flexibility index (Phi) is 3.44. The first kappa shape index (κ1) is 12.1. The van der Waals surface area contributed by atoms with Gasteiger partial charge in [-0.25, -0.2) is 8.78 Å². The molecule has 1 N–H and O–H groups in total. The first-order valence-corrected chi connectivity index (χ1v) is 5.31. The maximum atomic E-state index is 13.5. The van der Waals surface area contributed by atoms with Crippen LogP contribution in [0.2, 0.25) is 0 Å². The molecule has 1 rings (SSSR count). The van der Waals surface area contributed by atoms with Crippen LogP contribution in [0.1, 0.15) is 28.2 Å². The van der Waals surface area contributed by atoms with Crippen LogP contribution >= 0.6 is 11.3 Å². The molecule has 0 atom stereocenters. The summed E-state index contributed by atoms with van der Waals surface area (Å²) in [6, 6.07) is 1.69. The van der Waals surface area contributed by atoms with E-state index in [1.807, 2.05) is 0 Å². The predicted molar refractivity (Wildman–Crippen MR) is 54.6 cm³/mol. The number of alkyl halides is 2. The van der Waals surface area contributed by atoms with Crippen LogP contribution < -0.4 is 0 Å². The quantitative estimate of drug-likeness (QED) is 0.867. The topological polar surface area (TPSA) is 37.3 Å². The van der Waals surface area contributed by atoms with Gasteiger partial charge in [0.25, 0.3) is 5.92 Å². The van der Waals surface area contributed by atoms with Crippen molar-refractivity contribution in [1.82, 2.24) is 0 Å². The highest BCUT2D eigenvalue weighted by Crippen LogP contribution is 2.39. The number of aryl methyl sites for hydroxylation is 2. The molecule has 5 heteroatoms. The number of carbonyl (C=O) groups is 1. The Morgan fingerprint density at radius 3 is 2.53 bits per heavy atom. The summed E-state index contributed by atoms with van der Waals surface area (Å²) >= 11 is 1.03. The molecule has 1 aromatic rings. The van der Waals surface area contributed by atoms with Crippen LogP contribution in [0.25, 0.3) is 0 Å². The van der Waals surface area contributed by atoms with Crippen LogP contribution in [0.15, 0.2) is 6.07 Å². The second-order valence-corrected chi connectivity index (χ2v) is 4.72. The van der Waals surface area contributed by atoms with Crippen LogP contribution in [-0.2, 0) is 10.7 Å². The van der Waals surface area contributed by atoms with Gasteiger partial charge in [0.05, 0.1) is 11.3 Å². The minimum Gasteiger partial charge on any atom is -0.481 e. The molecular weight excluding hydrogens is 222 g/mol. The molecule has 0 aliphatic rings. The van der Waals surface area contributed by atoms with Crippen LogP contribution in [0, 0.1) is 13.8 Å². The summed E-state index contributed by atoms with van der Waals surface area (Å²) in [5.74, 6) is -4.22. The van der Waals surface area contributed by atoms with E-state index < -0.39 is 24.7 Å². The predicted octanol–water partition coefficient (Wildman–Crippen LogP) is 3.32. The zero-order valence-electron chi connectivity index (χ0n) is 8.51. The Labute approximate surface area is 90.5 Å². The Balaban J connectivity index is 2.85. The van der Waals surface area contributed by atoms with E-state index in [2.05, 4.69) is 0 Å². The van der Waals surface area contributed by atoms with Crippen molar-refractivity contribution in [2.75, 3.05) is 0 Å². The van der Waals surface area contributed by atoms with Crippen molar-refractivity contribution in [1.29, 1.82) is 0 Å². The smallest absolute Gasteiger partial charge is 0.303 e. The van der Waals surface area contributed by atoms with Gasteiger partial charge in [-0.15, -0.1) is 11.3 Å². The summed E-state index contributed by atoms with van der Waals surface area (Å²) in [4.78, 5) is 11.0. The van der Waals surface area contributed by atoms with Crippen LogP contribution in [0.3, 0.4) is 0 Å². The van der Waals surface area contributed by atoms with Crippen molar-refractivity contribution in [2.24, 2.45) is 0 Å². The molecule has 1 heterocycles. The average Bonchev–Trinajstić information content (AvgIpc) is 2.43. The van der Waals surface area contributed by atoms with Crippen LogP contribution in [-0.4, -0.2) is 11.1 Å². The van der Waals surface area contributed by atoms with E-state index in [1.165, 1.54) is 0 Å². The molecule has 0 spiro atoms. The standard InChI is InChI=1S/C10H12F2O2S/c1-6-5-7(2)15-9(6)10(11,12)4-3-8(13)14/h5H,3-4H2,1-2H3,(H,13,14). The van der Waals surface area contributed by atoms with Gasteiger partial charge in [-0.2, -0.15) is 0 Å². The lowest BCUT2D eigenvalue weighted by Gasteiger charge is -2.14. The van der Waals surface area contributed by atoms with E-state index in [9.17, 15) is 13.6 Å². The maximum Gasteiger partial charge on any atom is 0.303 e. The lowest BCUT2D eigenvalue weighted by Crippen LogP contribution is -2.14. The molecule has 0 aliphatic heterocycles. The zero-order chi connectivity index (χ0) is 11.6. The molecule has 0 bridgehead atoms. The van der Waals surface area contributed by atoms with Gasteiger partial charge in [0.1, 0.15) is 0 Å². The Morgan fingerprint density at radius 1 is 1.53 bits per heavy atom. The lowest BCUT2D eigenvalue weighted by molar-refractivity contribution is -0.139. The molecular formula is C10H12F2O2S. The molecule has 15 heavy (non-hydrogen) atoms. The first-order valence-electron chi connectivity index (χ1n) is 4.50. The Hall–Kier alpha value is -0.970. The SMILES string of the molecule is Cc1cc(C)c(C(F)(F)CCC(=O)O)s1. The van der Waals surface area contributed by atoms with Crippen molar-refractivity contribution in [3.8, 4) is 0 Å². The second-order valence-electron chi connectivity index (χ2n) is 3.47. The average molecular weight is 234 g/mol. The number of carboxylic acids is 1. The van der Waals surface area contributed by atoms with E-state index in [0.29, 0.717) is 5.56 Å². The minimum absolute atomic E-state index is 0.0127. The Bertz CT molecular complexity index is 371. The van der Waals surface area contributed by atoms with Gasteiger partial charge in [-0.1, -0.05) is 0 Å². The van der Waals surface area contributed by atoms with Crippen molar-refractivity contribution in [3.63, 3.8) is 0 Å². The van der Waals surface area contributed by atoms with E-state index in [0.717, 1.165) is 16.2 Å². The van der Waals surface area contributed by atoms with E-state index in [4.69, 9.17) is 5.11 Å². The molecule has 2 nitrogen and oxygen atoms in total. The molecule has 0 saturated heterocycles. The number of aliphatic carboxylic acids is 1. The third-order valence-corrected chi connectivity index (χ3v) is 3.29. The summed E-state index contributed by atoms with van der Waals surface area (Å²) in [5, 5.41) is 8.37. The van der Waals surface area contributed by atoms with E-state index in [-0.39, 0.29) is 4.88 Å². The van der Waals surface area contributed by atoms with Crippen LogP contribution in [0.4, 0.5) is 8.78 Å². The van der Waals surface area contributed by atoms with Gasteiger partial charge < -0.3 is 5.11 Å². The fourth-order valence-electron chi connectivity index (χ4n) is 1.38. The maximum absolute atomic E-state index is 13.5. The number of hydrogen-bond acceptors (Lipinski definition) is 2. The molecule has 1 aromatic heterocycles. The Morgan fingerprint density at radius 2 is 2.13 bits per heavy atom. The third kappa shape index (κ3) is 2.99. The van der Waals surface area contributed by atoms with Gasteiger partial charge in [0.2, 0.25) is 0 Å². The summed E-state index contributed by atoms with van der Waals surface area (Å²) in [5.41, 5.74) is 0.535. The third-order valence-electron chi connectivity index (χ3n) is 2.03. The fourth-order valence-corrected chi connectivity index (χ4v) is 2.41. The first-order chi connectivity index (χ1) is 6.83. The number of rotatable bonds is 4. The fraction of sp³-hybridized carbons (Fsp3) is 0.500. The lowest BCUT2D eigenvalue weighted by atomic mass is 10.1. The molecule has 0 unspecified atom stereocenters. The van der Waals surface area contributed by atoms with Crippen molar-refractivity contribution in [2.45, 2.75) is 32.6 Å². The van der Waals surface area contributed by atoms with E-state index >= 15 is 0 Å². The van der Waals surface area contributed by atoms with Gasteiger partial charge in [0.15, 0.2) is 0 Å². The second kappa shape index (κ2) is 4.26. The number of halogens is 2. The van der Waals surface area contributed by atoms with Crippen molar-refractivity contribution >= 4 is 17.3 Å². The molecule has 84 valence electrons. The highest BCUT2D eigenvalue weighted by molar-refractivity contribution is 7.12. The van der Waals surface area contributed by atoms with Crippen molar-refractivity contribution < 1.29 is 18.7 Å². The monoisotopic (exact) mass is 234 g/mol. The largest absolute Gasteiger partial charge is 0.481 e. The highest BCUT2D eigenvalue weighted by Gasteiger charge is 2.35. The molecule has 0 aliphatic carbocycles. The number of carboxylic acid groups (broad SMARTS) is 1. The van der Waals surface area contributed by atoms with Crippen molar-refractivity contribution in [3.05, 3.63) is 21.4 Å². The summed E-state index contributed by atoms with van der Waals surface area (Å²) in [6.07, 6.45) is -1.15. The summed E-state index contributed by atoms with van der Waals surface area (Å²) in [7, 11) is 0. The highest BCUT2D eigenvalue weighted by atomic mass is 32.1. The summed E-state index contributed by atoms with van der Waals surface area (Å²) in [6.45, 7) is 3.38. The van der Waals surface area contributed by atoms with Gasteiger partial charge in [-0.05, 0) is 25.5 Å². The molecule has 0 aromatic carbocycles. The molecule has 0 fully saturated rings. The molecule has 0 amide bonds. The normalized spacial score (nSPS) is 11.7. The number of hydrogen-bond donors (Lipinski definition) is 1. The van der Waals surface area contributed by atoms with Gasteiger partial charge in [0, 0.05) is 11.3 Å². The molecule has 0 radical (unpaired) electrons. The minimum atomic E-state index is -3.03. The van der Waals surface area contributed by atoms with Gasteiger partial charge >= 0.3 is 5.97 Å². The molecule has 0 saturated carbocycles. The zero-order valence-corrected chi connectivity index (χ0v) is 9.33. The number of thiophene rings is 1. The van der Waals surface area contributed by atoms with Crippen LogP contribution in [0.5, 0.6) is 0 Å².